The summed E-state index contributed by atoms with van der Waals surface area (Å²) in [5, 5.41) is 4.18. The van der Waals surface area contributed by atoms with Crippen molar-refractivity contribution in [3.63, 3.8) is 0 Å². The molecule has 48 heavy (non-hydrogen) atoms. The van der Waals surface area contributed by atoms with Crippen LogP contribution in [-0.4, -0.2) is 105 Å². The summed E-state index contributed by atoms with van der Waals surface area (Å²) in [5.74, 6) is 0.143. The fraction of sp³-hybridized carbons (Fsp3) is 0.441. The van der Waals surface area contributed by atoms with E-state index in [1.54, 1.807) is 43.5 Å². The summed E-state index contributed by atoms with van der Waals surface area (Å²) in [7, 11) is 5.33. The number of likely N-dealkylation sites (N-methyl/N-ethyl adjacent to an activating group) is 1. The Hall–Kier alpha value is -4.56. The summed E-state index contributed by atoms with van der Waals surface area (Å²) in [6, 6.07) is 7.76. The second kappa shape index (κ2) is 13.5. The number of fused-ring (bicyclic) bond motifs is 2. The lowest BCUT2D eigenvalue weighted by atomic mass is 9.92. The Morgan fingerprint density at radius 1 is 1.06 bits per heavy atom. The van der Waals surface area contributed by atoms with Gasteiger partial charge in [0.2, 0.25) is 11.8 Å². The molecular weight excluding hydrogens is 625 g/mol. The lowest BCUT2D eigenvalue weighted by molar-refractivity contribution is -0.139. The fourth-order valence-corrected chi connectivity index (χ4v) is 6.33. The number of hydrogen-bond donors (Lipinski definition) is 0. The average molecular weight is 665 g/mol. The van der Waals surface area contributed by atoms with E-state index in [4.69, 9.17) is 4.74 Å². The molecule has 0 bridgehead atoms. The maximum absolute atomic E-state index is 14.2. The first-order valence-electron chi connectivity index (χ1n) is 16.0. The first-order chi connectivity index (χ1) is 22.9. The minimum Gasteiger partial charge on any atom is -0.435 e. The summed E-state index contributed by atoms with van der Waals surface area (Å²) in [4.78, 5) is 42.4. The van der Waals surface area contributed by atoms with Crippen molar-refractivity contribution in [2.45, 2.75) is 44.9 Å². The average Bonchev–Trinajstić information content (AvgIpc) is 3.50. The van der Waals surface area contributed by atoms with E-state index < -0.39 is 11.7 Å². The van der Waals surface area contributed by atoms with E-state index in [1.165, 1.54) is 21.8 Å². The molecule has 11 nitrogen and oxygen atoms in total. The Balaban J connectivity index is 1.19. The molecule has 0 unspecified atom stereocenters. The minimum atomic E-state index is -4.53. The Kier molecular flexibility index (Phi) is 9.39. The van der Waals surface area contributed by atoms with Crippen LogP contribution in [0.3, 0.4) is 0 Å². The van der Waals surface area contributed by atoms with Crippen LogP contribution in [0.5, 0.6) is 11.6 Å². The van der Waals surface area contributed by atoms with Crippen molar-refractivity contribution in [2.24, 2.45) is 0 Å². The summed E-state index contributed by atoms with van der Waals surface area (Å²) in [5.41, 5.74) is 2.44. The smallest absolute Gasteiger partial charge is 0.416 e. The van der Waals surface area contributed by atoms with Gasteiger partial charge in [-0.05, 0) is 48.4 Å². The van der Waals surface area contributed by atoms with Crippen LogP contribution in [0.2, 0.25) is 0 Å². The number of benzene rings is 1. The van der Waals surface area contributed by atoms with Crippen molar-refractivity contribution in [2.75, 3.05) is 53.9 Å². The van der Waals surface area contributed by atoms with Crippen LogP contribution in [0.15, 0.2) is 49.1 Å². The second-order valence-corrected chi connectivity index (χ2v) is 12.8. The molecule has 6 rings (SSSR count). The normalized spacial score (nSPS) is 17.4. The SMILES string of the molecule is CC[C@H]1CN(C(=O)Cc2ccc(CN3CCN(C)CC3)c(C(F)(F)F)c2)Cc2cc(Oc3ncnn4cc(C(=O)N(C)C)cc34)cnc21. The highest BCUT2D eigenvalue weighted by atomic mass is 19.4. The zero-order valence-electron chi connectivity index (χ0n) is 27.5. The van der Waals surface area contributed by atoms with Gasteiger partial charge in [0.25, 0.3) is 5.91 Å². The maximum Gasteiger partial charge on any atom is 0.416 e. The standard InChI is InChI=1S/C34H39F3N8O3/c1-5-23-18-44(30(46)13-22-6-7-24(28(12-22)34(35,36)37)17-43-10-8-42(4)9-11-43)19-25-14-27(16-38-31(23)25)48-32-29-15-26(33(47)41(2)3)20-45(29)40-21-39-32/h6-7,12,14-16,20-21,23H,5,8-11,13,17-19H2,1-4H3/t23-/m0/s1. The Bertz CT molecular complexity index is 1820. The van der Waals surface area contributed by atoms with Gasteiger partial charge in [-0.3, -0.25) is 19.5 Å². The van der Waals surface area contributed by atoms with Gasteiger partial charge < -0.3 is 19.4 Å². The molecule has 2 aliphatic rings. The number of hydrogen-bond acceptors (Lipinski definition) is 8. The molecule has 2 amide bonds. The summed E-state index contributed by atoms with van der Waals surface area (Å²) in [6.45, 7) is 5.93. The summed E-state index contributed by atoms with van der Waals surface area (Å²) >= 11 is 0. The third-order valence-electron chi connectivity index (χ3n) is 9.07. The molecule has 0 spiro atoms. The molecule has 3 aromatic heterocycles. The number of amides is 2. The van der Waals surface area contributed by atoms with Crippen LogP contribution < -0.4 is 4.74 Å². The van der Waals surface area contributed by atoms with Gasteiger partial charge >= 0.3 is 6.18 Å². The van der Waals surface area contributed by atoms with Gasteiger partial charge in [0, 0.05) is 72.0 Å². The fourth-order valence-electron chi connectivity index (χ4n) is 6.33. The van der Waals surface area contributed by atoms with Gasteiger partial charge in [0.1, 0.15) is 17.6 Å². The molecule has 4 aromatic rings. The monoisotopic (exact) mass is 664 g/mol. The predicted molar refractivity (Wildman–Crippen MR) is 172 cm³/mol. The highest BCUT2D eigenvalue weighted by Gasteiger charge is 2.35. The largest absolute Gasteiger partial charge is 0.435 e. The van der Waals surface area contributed by atoms with Crippen LogP contribution in [-0.2, 0) is 30.5 Å². The van der Waals surface area contributed by atoms with Gasteiger partial charge in [-0.15, -0.1) is 0 Å². The number of pyridine rings is 1. The van der Waals surface area contributed by atoms with Gasteiger partial charge in [-0.25, -0.2) is 4.52 Å². The molecule has 1 atom stereocenters. The molecule has 2 aliphatic heterocycles. The van der Waals surface area contributed by atoms with Crippen LogP contribution >= 0.6 is 0 Å². The molecule has 5 heterocycles. The highest BCUT2D eigenvalue weighted by molar-refractivity contribution is 5.95. The number of nitrogens with zero attached hydrogens (tertiary/aromatic N) is 8. The third-order valence-corrected chi connectivity index (χ3v) is 9.07. The van der Waals surface area contributed by atoms with E-state index in [0.717, 1.165) is 36.8 Å². The van der Waals surface area contributed by atoms with Gasteiger partial charge in [-0.2, -0.15) is 23.3 Å². The number of carbonyl (C=O) groups is 2. The van der Waals surface area contributed by atoms with Crippen LogP contribution in [0.1, 0.15) is 57.6 Å². The van der Waals surface area contributed by atoms with Crippen LogP contribution in [0, 0.1) is 0 Å². The van der Waals surface area contributed by atoms with Gasteiger partial charge in [0.15, 0.2) is 0 Å². The summed E-state index contributed by atoms with van der Waals surface area (Å²) < 4.78 is 50.2. The molecule has 1 aromatic carbocycles. The molecule has 254 valence electrons. The van der Waals surface area contributed by atoms with E-state index in [1.807, 2.05) is 24.9 Å². The Morgan fingerprint density at radius 2 is 1.83 bits per heavy atom. The highest BCUT2D eigenvalue weighted by Crippen LogP contribution is 2.35. The van der Waals surface area contributed by atoms with E-state index in [9.17, 15) is 22.8 Å². The number of rotatable bonds is 8. The number of alkyl halides is 3. The van der Waals surface area contributed by atoms with E-state index in [0.29, 0.717) is 42.0 Å². The molecule has 1 fully saturated rings. The van der Waals surface area contributed by atoms with Crippen molar-refractivity contribution < 1.29 is 27.5 Å². The second-order valence-electron chi connectivity index (χ2n) is 12.8. The third kappa shape index (κ3) is 7.14. The molecule has 0 N–H and O–H groups in total. The molecule has 0 radical (unpaired) electrons. The number of aromatic nitrogens is 4. The minimum absolute atomic E-state index is 0.0422. The van der Waals surface area contributed by atoms with Gasteiger partial charge in [0.05, 0.1) is 29.4 Å². The van der Waals surface area contributed by atoms with Crippen LogP contribution in [0.25, 0.3) is 5.52 Å². The molecular formula is C34H39F3N8O3. The van der Waals surface area contributed by atoms with Crippen molar-refractivity contribution in [1.82, 2.24) is 39.2 Å². The number of halogens is 3. The Labute approximate surface area is 276 Å². The zero-order chi connectivity index (χ0) is 34.2. The van der Waals surface area contributed by atoms with Crippen molar-refractivity contribution >= 4 is 17.3 Å². The quantitative estimate of drug-likeness (QED) is 0.272. The molecule has 1 saturated heterocycles. The number of ether oxygens (including phenoxy) is 1. The number of piperazine rings is 1. The van der Waals surface area contributed by atoms with E-state index >= 15 is 0 Å². The topological polar surface area (TPSA) is 99.4 Å². The zero-order valence-corrected chi connectivity index (χ0v) is 27.5. The predicted octanol–water partition coefficient (Wildman–Crippen LogP) is 4.46. The first kappa shape index (κ1) is 33.3. The molecule has 0 aliphatic carbocycles. The Morgan fingerprint density at radius 3 is 2.54 bits per heavy atom. The molecule has 14 heteroatoms. The maximum atomic E-state index is 14.2. The van der Waals surface area contributed by atoms with E-state index in [2.05, 4.69) is 20.0 Å². The lowest BCUT2D eigenvalue weighted by Gasteiger charge is -2.34. The van der Waals surface area contributed by atoms with Crippen molar-refractivity contribution in [1.29, 1.82) is 0 Å². The lowest BCUT2D eigenvalue weighted by Crippen LogP contribution is -2.44. The van der Waals surface area contributed by atoms with Crippen molar-refractivity contribution in [3.8, 4) is 11.6 Å². The molecule has 0 saturated carbocycles. The summed E-state index contributed by atoms with van der Waals surface area (Å²) in [6.07, 6.45) is 0.589. The first-order valence-corrected chi connectivity index (χ1v) is 16.0. The van der Waals surface area contributed by atoms with E-state index in [-0.39, 0.29) is 48.7 Å². The van der Waals surface area contributed by atoms with Gasteiger partial charge in [-0.1, -0.05) is 19.1 Å². The van der Waals surface area contributed by atoms with Crippen LogP contribution in [0.4, 0.5) is 13.2 Å². The van der Waals surface area contributed by atoms with Crippen molar-refractivity contribution in [3.05, 3.63) is 82.6 Å². The number of carbonyl (C=O) groups excluding carboxylic acids is 2.